The van der Waals surface area contributed by atoms with Crippen molar-refractivity contribution in [3.05, 3.63) is 65.2 Å². The molecule has 1 unspecified atom stereocenters. The van der Waals surface area contributed by atoms with Crippen LogP contribution in [0.5, 0.6) is 5.75 Å². The predicted molar refractivity (Wildman–Crippen MR) is 93.0 cm³/mol. The number of benzene rings is 2. The number of carbonyl (C=O) groups is 1. The highest BCUT2D eigenvalue weighted by Crippen LogP contribution is 2.35. The molecular formula is C20H21NO4. The Morgan fingerprint density at radius 3 is 2.16 bits per heavy atom. The van der Waals surface area contributed by atoms with E-state index in [-0.39, 0.29) is 12.6 Å². The molecule has 0 radical (unpaired) electrons. The Hall–Kier alpha value is -2.84. The molecule has 5 nitrogen and oxygen atoms in total. The van der Waals surface area contributed by atoms with Crippen molar-refractivity contribution in [1.29, 1.82) is 5.26 Å². The maximum absolute atomic E-state index is 11.4. The third-order valence-electron chi connectivity index (χ3n) is 4.05. The maximum Gasteiger partial charge on any atom is 0.302 e. The molecule has 0 aliphatic heterocycles. The summed E-state index contributed by atoms with van der Waals surface area (Å²) in [6, 6.07) is 16.1. The van der Waals surface area contributed by atoms with E-state index in [1.54, 1.807) is 43.5 Å². The molecule has 0 saturated heterocycles. The van der Waals surface area contributed by atoms with Crippen molar-refractivity contribution in [2.45, 2.75) is 25.4 Å². The Morgan fingerprint density at radius 2 is 1.68 bits per heavy atom. The number of nitriles is 1. The number of methoxy groups -OCH3 is 1. The smallest absolute Gasteiger partial charge is 0.302 e. The lowest BCUT2D eigenvalue weighted by Crippen LogP contribution is -2.28. The van der Waals surface area contributed by atoms with Gasteiger partial charge in [0.25, 0.3) is 0 Å². The number of ether oxygens (including phenoxy) is 2. The largest absolute Gasteiger partial charge is 0.497 e. The first-order valence-corrected chi connectivity index (χ1v) is 8.00. The Balaban J connectivity index is 2.31. The van der Waals surface area contributed by atoms with Crippen molar-refractivity contribution in [3.63, 3.8) is 0 Å². The number of carbonyl (C=O) groups excluding carboxylic acids is 1. The second-order valence-corrected chi connectivity index (χ2v) is 5.72. The average Bonchev–Trinajstić information content (AvgIpc) is 2.65. The molecule has 1 N–H and O–H groups in total. The number of esters is 1. The first-order valence-electron chi connectivity index (χ1n) is 8.00. The van der Waals surface area contributed by atoms with Gasteiger partial charge >= 0.3 is 5.97 Å². The molecular weight excluding hydrogens is 318 g/mol. The molecule has 0 aliphatic rings. The Labute approximate surface area is 147 Å². The van der Waals surface area contributed by atoms with Gasteiger partial charge in [-0.2, -0.15) is 5.26 Å². The molecule has 0 bridgehead atoms. The zero-order chi connectivity index (χ0) is 18.3. The molecule has 0 spiro atoms. The lowest BCUT2D eigenvalue weighted by Gasteiger charge is -2.29. The highest BCUT2D eigenvalue weighted by Gasteiger charge is 2.31. The minimum Gasteiger partial charge on any atom is -0.497 e. The summed E-state index contributed by atoms with van der Waals surface area (Å²) in [7, 11) is 1.58. The lowest BCUT2D eigenvalue weighted by molar-refractivity contribution is -0.141. The molecule has 1 atom stereocenters. The summed E-state index contributed by atoms with van der Waals surface area (Å²) < 4.78 is 10.1. The van der Waals surface area contributed by atoms with Crippen LogP contribution < -0.4 is 4.74 Å². The summed E-state index contributed by atoms with van der Waals surface area (Å²) in [5, 5.41) is 20.3. The van der Waals surface area contributed by atoms with Crippen LogP contribution in [0.1, 0.15) is 36.5 Å². The number of rotatable bonds is 7. The molecule has 0 amide bonds. The van der Waals surface area contributed by atoms with E-state index in [2.05, 4.69) is 6.07 Å². The quantitative estimate of drug-likeness (QED) is 0.619. The normalized spacial score (nSPS) is 12.7. The van der Waals surface area contributed by atoms with Crippen molar-refractivity contribution in [2.75, 3.05) is 13.7 Å². The fraction of sp³-hybridized carbons (Fsp3) is 0.300. The van der Waals surface area contributed by atoms with E-state index in [1.165, 1.54) is 6.92 Å². The fourth-order valence-electron chi connectivity index (χ4n) is 2.69. The van der Waals surface area contributed by atoms with Crippen molar-refractivity contribution >= 4 is 5.97 Å². The minimum atomic E-state index is -1.25. The molecule has 25 heavy (non-hydrogen) atoms. The molecule has 5 heteroatoms. The van der Waals surface area contributed by atoms with Crippen molar-refractivity contribution < 1.29 is 19.4 Å². The SMILES string of the molecule is COc1ccc(C(O)(CCCOC(C)=O)c2ccc(C#N)cc2)cc1. The van der Waals surface area contributed by atoms with Gasteiger partial charge in [-0.1, -0.05) is 24.3 Å². The molecule has 130 valence electrons. The number of hydrogen-bond donors (Lipinski definition) is 1. The monoisotopic (exact) mass is 339 g/mol. The van der Waals surface area contributed by atoms with E-state index in [9.17, 15) is 9.90 Å². The van der Waals surface area contributed by atoms with Gasteiger partial charge in [-0.05, 0) is 48.2 Å². The van der Waals surface area contributed by atoms with Gasteiger partial charge in [0.15, 0.2) is 0 Å². The second kappa shape index (κ2) is 8.32. The maximum atomic E-state index is 11.4. The van der Waals surface area contributed by atoms with E-state index in [1.807, 2.05) is 12.1 Å². The van der Waals surface area contributed by atoms with Gasteiger partial charge in [-0.3, -0.25) is 4.79 Å². The second-order valence-electron chi connectivity index (χ2n) is 5.72. The van der Waals surface area contributed by atoms with E-state index in [0.29, 0.717) is 35.3 Å². The van der Waals surface area contributed by atoms with Crippen molar-refractivity contribution in [1.82, 2.24) is 0 Å². The van der Waals surface area contributed by atoms with Gasteiger partial charge < -0.3 is 14.6 Å². The van der Waals surface area contributed by atoms with Crippen LogP contribution >= 0.6 is 0 Å². The van der Waals surface area contributed by atoms with Gasteiger partial charge in [-0.25, -0.2) is 0 Å². The van der Waals surface area contributed by atoms with Crippen molar-refractivity contribution in [2.24, 2.45) is 0 Å². The first-order chi connectivity index (χ1) is 12.0. The van der Waals surface area contributed by atoms with Crippen LogP contribution in [0.3, 0.4) is 0 Å². The number of hydrogen-bond acceptors (Lipinski definition) is 5. The molecule has 0 aliphatic carbocycles. The van der Waals surface area contributed by atoms with Gasteiger partial charge in [0.2, 0.25) is 0 Å². The number of aliphatic hydroxyl groups is 1. The summed E-state index contributed by atoms with van der Waals surface area (Å²) in [6.07, 6.45) is 0.876. The Morgan fingerprint density at radius 1 is 1.12 bits per heavy atom. The average molecular weight is 339 g/mol. The molecule has 0 fully saturated rings. The van der Waals surface area contributed by atoms with Gasteiger partial charge in [-0.15, -0.1) is 0 Å². The van der Waals surface area contributed by atoms with Crippen LogP contribution in [0.15, 0.2) is 48.5 Å². The van der Waals surface area contributed by atoms with Crippen LogP contribution in [0, 0.1) is 11.3 Å². The predicted octanol–water partition coefficient (Wildman–Crippen LogP) is 3.15. The molecule has 2 aromatic rings. The van der Waals surface area contributed by atoms with Crippen LogP contribution in [-0.2, 0) is 15.1 Å². The molecule has 2 aromatic carbocycles. The fourth-order valence-corrected chi connectivity index (χ4v) is 2.69. The van der Waals surface area contributed by atoms with E-state index in [0.717, 1.165) is 0 Å². The Bertz CT molecular complexity index is 747. The standard InChI is InChI=1S/C20H21NO4/c1-15(22)25-13-3-12-20(23,17-6-4-16(14-21)5-7-17)18-8-10-19(24-2)11-9-18/h4-11,23H,3,12-13H2,1-2H3. The zero-order valence-corrected chi connectivity index (χ0v) is 14.4. The Kier molecular flexibility index (Phi) is 6.15. The van der Waals surface area contributed by atoms with E-state index < -0.39 is 5.60 Å². The first kappa shape index (κ1) is 18.5. The number of nitrogens with zero attached hydrogens (tertiary/aromatic N) is 1. The lowest BCUT2D eigenvalue weighted by atomic mass is 9.82. The highest BCUT2D eigenvalue weighted by molar-refractivity contribution is 5.65. The topological polar surface area (TPSA) is 79.5 Å². The zero-order valence-electron chi connectivity index (χ0n) is 14.4. The van der Waals surface area contributed by atoms with Gasteiger partial charge in [0, 0.05) is 6.92 Å². The van der Waals surface area contributed by atoms with Crippen molar-refractivity contribution in [3.8, 4) is 11.8 Å². The van der Waals surface area contributed by atoms with Crippen LogP contribution in [0.4, 0.5) is 0 Å². The van der Waals surface area contributed by atoms with E-state index >= 15 is 0 Å². The van der Waals surface area contributed by atoms with Crippen LogP contribution in [0.25, 0.3) is 0 Å². The highest BCUT2D eigenvalue weighted by atomic mass is 16.5. The molecule has 0 saturated carbocycles. The summed E-state index contributed by atoms with van der Waals surface area (Å²) in [4.78, 5) is 10.9. The minimum absolute atomic E-state index is 0.240. The van der Waals surface area contributed by atoms with Gasteiger partial charge in [0.05, 0.1) is 25.3 Å². The summed E-state index contributed by atoms with van der Waals surface area (Å²) >= 11 is 0. The van der Waals surface area contributed by atoms with Crippen LogP contribution in [-0.4, -0.2) is 24.8 Å². The molecule has 0 heterocycles. The molecule has 0 aromatic heterocycles. The van der Waals surface area contributed by atoms with Gasteiger partial charge in [0.1, 0.15) is 11.4 Å². The summed E-state index contributed by atoms with van der Waals surface area (Å²) in [6.45, 7) is 1.60. The summed E-state index contributed by atoms with van der Waals surface area (Å²) in [5.41, 5.74) is 0.668. The van der Waals surface area contributed by atoms with Crippen LogP contribution in [0.2, 0.25) is 0 Å². The summed E-state index contributed by atoms with van der Waals surface area (Å²) in [5.74, 6) is 0.359. The third-order valence-corrected chi connectivity index (χ3v) is 4.05. The van der Waals surface area contributed by atoms with E-state index in [4.69, 9.17) is 14.7 Å². The third kappa shape index (κ3) is 4.59. The molecule has 2 rings (SSSR count).